The van der Waals surface area contributed by atoms with E-state index in [9.17, 15) is 23.9 Å². The summed E-state index contributed by atoms with van der Waals surface area (Å²) in [7, 11) is 4.91. The van der Waals surface area contributed by atoms with E-state index in [4.69, 9.17) is 4.74 Å². The Hall–Kier alpha value is -3.46. The van der Waals surface area contributed by atoms with Crippen molar-refractivity contribution in [3.05, 3.63) is 63.7 Å². The Labute approximate surface area is 185 Å². The Bertz CT molecular complexity index is 1100. The first kappa shape index (κ1) is 23.2. The number of esters is 1. The lowest BCUT2D eigenvalue weighted by Gasteiger charge is -2.26. The van der Waals surface area contributed by atoms with Gasteiger partial charge in [0.2, 0.25) is 0 Å². The second-order valence-corrected chi connectivity index (χ2v) is 7.96. The fourth-order valence-electron chi connectivity index (χ4n) is 3.96. The molecule has 1 fully saturated rings. The molecule has 1 aliphatic heterocycles. The number of ketones is 1. The van der Waals surface area contributed by atoms with Crippen LogP contribution in [0.4, 0.5) is 4.39 Å². The second kappa shape index (κ2) is 8.96. The molecule has 0 bridgehead atoms. The molecule has 1 atom stereocenters. The number of halogens is 1. The van der Waals surface area contributed by atoms with Gasteiger partial charge in [-0.3, -0.25) is 9.59 Å². The van der Waals surface area contributed by atoms with E-state index in [-0.39, 0.29) is 23.4 Å². The molecule has 1 aromatic heterocycles. The molecule has 9 heteroatoms. The standard InChI is InChI=1S/C23H26FN3O5/c1-12-16(13(2)25-18(12)23(31)32-5)20(28)17-19(14-6-8-15(24)9-7-14)27(11-10-26(3)4)22(30)21(17)29/h6-9,19,25,28H,10-11H2,1-5H3/t19-/m1/s1. The second-order valence-electron chi connectivity index (χ2n) is 7.96. The summed E-state index contributed by atoms with van der Waals surface area (Å²) >= 11 is 0. The summed E-state index contributed by atoms with van der Waals surface area (Å²) in [6, 6.07) is 4.55. The first-order chi connectivity index (χ1) is 15.1. The van der Waals surface area contributed by atoms with Crippen LogP contribution in [0.25, 0.3) is 5.76 Å². The zero-order valence-electron chi connectivity index (χ0n) is 18.7. The molecule has 1 aromatic carbocycles. The number of benzene rings is 1. The van der Waals surface area contributed by atoms with E-state index in [0.29, 0.717) is 23.4 Å². The predicted molar refractivity (Wildman–Crippen MR) is 116 cm³/mol. The van der Waals surface area contributed by atoms with Gasteiger partial charge in [0.25, 0.3) is 11.7 Å². The van der Waals surface area contributed by atoms with Crippen molar-refractivity contribution in [1.82, 2.24) is 14.8 Å². The van der Waals surface area contributed by atoms with Crippen molar-refractivity contribution in [2.24, 2.45) is 0 Å². The molecular weight excluding hydrogens is 417 g/mol. The molecule has 32 heavy (non-hydrogen) atoms. The summed E-state index contributed by atoms with van der Waals surface area (Å²) < 4.78 is 18.3. The number of likely N-dealkylation sites (tertiary alicyclic amines) is 1. The average Bonchev–Trinajstić information content (AvgIpc) is 3.18. The molecule has 2 aromatic rings. The van der Waals surface area contributed by atoms with Crippen molar-refractivity contribution in [3.63, 3.8) is 0 Å². The first-order valence-electron chi connectivity index (χ1n) is 10.0. The molecule has 8 nitrogen and oxygen atoms in total. The van der Waals surface area contributed by atoms with Crippen LogP contribution < -0.4 is 0 Å². The smallest absolute Gasteiger partial charge is 0.354 e. The SMILES string of the molecule is COC(=O)c1[nH]c(C)c(C(O)=C2C(=O)C(=O)N(CCN(C)C)[C@@H]2c2ccc(F)cc2)c1C. The van der Waals surface area contributed by atoms with Gasteiger partial charge < -0.3 is 24.6 Å². The van der Waals surface area contributed by atoms with Gasteiger partial charge in [0.1, 0.15) is 17.3 Å². The van der Waals surface area contributed by atoms with Gasteiger partial charge in [0.05, 0.1) is 18.7 Å². The number of ether oxygens (including phenoxy) is 1. The Morgan fingerprint density at radius 1 is 1.22 bits per heavy atom. The van der Waals surface area contributed by atoms with Crippen LogP contribution in [0, 0.1) is 19.7 Å². The Morgan fingerprint density at radius 2 is 1.84 bits per heavy atom. The van der Waals surface area contributed by atoms with Crippen LogP contribution in [0.3, 0.4) is 0 Å². The topological polar surface area (TPSA) is 103 Å². The number of H-pyrrole nitrogens is 1. The van der Waals surface area contributed by atoms with Gasteiger partial charge in [-0.2, -0.15) is 0 Å². The number of aryl methyl sites for hydroxylation is 1. The minimum Gasteiger partial charge on any atom is -0.507 e. The molecule has 2 heterocycles. The quantitative estimate of drug-likeness (QED) is 0.308. The van der Waals surface area contributed by atoms with Crippen LogP contribution in [-0.4, -0.2) is 71.8 Å². The third-order valence-corrected chi connectivity index (χ3v) is 5.58. The highest BCUT2D eigenvalue weighted by molar-refractivity contribution is 6.46. The van der Waals surface area contributed by atoms with Gasteiger partial charge in [-0.05, 0) is 51.2 Å². The Morgan fingerprint density at radius 3 is 2.41 bits per heavy atom. The van der Waals surface area contributed by atoms with E-state index >= 15 is 0 Å². The van der Waals surface area contributed by atoms with Gasteiger partial charge in [-0.25, -0.2) is 9.18 Å². The molecule has 0 spiro atoms. The van der Waals surface area contributed by atoms with Crippen molar-refractivity contribution in [2.45, 2.75) is 19.9 Å². The molecular formula is C23H26FN3O5. The summed E-state index contributed by atoms with van der Waals surface area (Å²) in [6.07, 6.45) is 0. The number of nitrogens with one attached hydrogen (secondary N) is 1. The van der Waals surface area contributed by atoms with E-state index < -0.39 is 35.3 Å². The van der Waals surface area contributed by atoms with E-state index in [1.165, 1.54) is 36.3 Å². The van der Waals surface area contributed by atoms with Gasteiger partial charge >= 0.3 is 5.97 Å². The van der Waals surface area contributed by atoms with Gasteiger partial charge in [-0.15, -0.1) is 0 Å². The molecule has 0 unspecified atom stereocenters. The van der Waals surface area contributed by atoms with Crippen LogP contribution in [0.15, 0.2) is 29.8 Å². The fourth-order valence-corrected chi connectivity index (χ4v) is 3.96. The van der Waals surface area contributed by atoms with Crippen LogP contribution in [0.5, 0.6) is 0 Å². The van der Waals surface area contributed by atoms with E-state index in [2.05, 4.69) is 4.98 Å². The van der Waals surface area contributed by atoms with Crippen molar-refractivity contribution in [3.8, 4) is 0 Å². The van der Waals surface area contributed by atoms with Crippen LogP contribution in [-0.2, 0) is 14.3 Å². The molecule has 2 N–H and O–H groups in total. The largest absolute Gasteiger partial charge is 0.507 e. The number of methoxy groups -OCH3 is 1. The maximum absolute atomic E-state index is 13.6. The highest BCUT2D eigenvalue weighted by Crippen LogP contribution is 2.40. The number of aromatic amines is 1. The summed E-state index contributed by atoms with van der Waals surface area (Å²) in [5, 5.41) is 11.2. The number of likely N-dealkylation sites (N-methyl/N-ethyl adjacent to an activating group) is 1. The lowest BCUT2D eigenvalue weighted by atomic mass is 9.94. The van der Waals surface area contributed by atoms with E-state index in [1.807, 2.05) is 19.0 Å². The summed E-state index contributed by atoms with van der Waals surface area (Å²) in [5.74, 6) is -3.06. The maximum atomic E-state index is 13.6. The number of nitrogens with zero attached hydrogens (tertiary/aromatic N) is 2. The molecule has 0 aliphatic carbocycles. The van der Waals surface area contributed by atoms with Crippen LogP contribution >= 0.6 is 0 Å². The third-order valence-electron chi connectivity index (χ3n) is 5.58. The summed E-state index contributed by atoms with van der Waals surface area (Å²) in [4.78, 5) is 44.1. The summed E-state index contributed by atoms with van der Waals surface area (Å²) in [5.41, 5.74) is 1.61. The highest BCUT2D eigenvalue weighted by Gasteiger charge is 2.46. The van der Waals surface area contributed by atoms with Crippen molar-refractivity contribution in [1.29, 1.82) is 0 Å². The number of carbonyl (C=O) groups is 3. The molecule has 0 radical (unpaired) electrons. The fraction of sp³-hybridized carbons (Fsp3) is 0.348. The third kappa shape index (κ3) is 4.03. The molecule has 0 saturated carbocycles. The highest BCUT2D eigenvalue weighted by atomic mass is 19.1. The monoisotopic (exact) mass is 443 g/mol. The number of hydrogen-bond donors (Lipinski definition) is 2. The number of aromatic nitrogens is 1. The van der Waals surface area contributed by atoms with E-state index in [0.717, 1.165) is 0 Å². The number of Topliss-reactive ketones (excluding diaryl/α,β-unsaturated/α-hetero) is 1. The van der Waals surface area contributed by atoms with Crippen molar-refractivity contribution < 1.29 is 28.6 Å². The predicted octanol–water partition coefficient (Wildman–Crippen LogP) is 2.54. The normalized spacial score (nSPS) is 18.0. The lowest BCUT2D eigenvalue weighted by Crippen LogP contribution is -2.35. The Balaban J connectivity index is 2.21. The van der Waals surface area contributed by atoms with Gasteiger partial charge in [0.15, 0.2) is 0 Å². The molecule has 170 valence electrons. The zero-order valence-corrected chi connectivity index (χ0v) is 18.7. The molecule has 1 aliphatic rings. The van der Waals surface area contributed by atoms with Crippen LogP contribution in [0.1, 0.15) is 38.9 Å². The number of hydrogen-bond acceptors (Lipinski definition) is 6. The van der Waals surface area contributed by atoms with Gasteiger partial charge in [0, 0.05) is 24.3 Å². The first-order valence-corrected chi connectivity index (χ1v) is 10.0. The zero-order chi connectivity index (χ0) is 23.7. The molecule has 3 rings (SSSR count). The van der Waals surface area contributed by atoms with E-state index in [1.54, 1.807) is 13.8 Å². The minimum absolute atomic E-state index is 0.109. The molecule has 1 saturated heterocycles. The number of aliphatic hydroxyl groups excluding tert-OH is 1. The van der Waals surface area contributed by atoms with Crippen molar-refractivity contribution >= 4 is 23.4 Å². The Kier molecular flexibility index (Phi) is 6.50. The summed E-state index contributed by atoms with van der Waals surface area (Å²) in [6.45, 7) is 3.97. The number of aliphatic hydroxyl groups is 1. The molecule has 1 amide bonds. The van der Waals surface area contributed by atoms with Crippen molar-refractivity contribution in [2.75, 3.05) is 34.3 Å². The average molecular weight is 443 g/mol. The maximum Gasteiger partial charge on any atom is 0.354 e. The number of carbonyl (C=O) groups excluding carboxylic acids is 3. The van der Waals surface area contributed by atoms with Gasteiger partial charge in [-0.1, -0.05) is 12.1 Å². The number of rotatable bonds is 6. The van der Waals surface area contributed by atoms with Crippen LogP contribution in [0.2, 0.25) is 0 Å². The minimum atomic E-state index is -0.897. The lowest BCUT2D eigenvalue weighted by molar-refractivity contribution is -0.140. The number of amides is 1.